The van der Waals surface area contributed by atoms with Crippen molar-refractivity contribution in [2.24, 2.45) is 5.73 Å². The molecule has 0 aromatic rings. The molecule has 2 unspecified atom stereocenters. The van der Waals surface area contributed by atoms with Gasteiger partial charge in [0.1, 0.15) is 0 Å². The van der Waals surface area contributed by atoms with Gasteiger partial charge in [-0.3, -0.25) is 5.32 Å². The van der Waals surface area contributed by atoms with Crippen molar-refractivity contribution in [3.05, 3.63) is 0 Å². The lowest BCUT2D eigenvalue weighted by molar-refractivity contribution is 0.0821. The van der Waals surface area contributed by atoms with E-state index in [1.54, 1.807) is 0 Å². The van der Waals surface area contributed by atoms with Crippen molar-refractivity contribution >= 4 is 0 Å². The van der Waals surface area contributed by atoms with Crippen LogP contribution in [0.25, 0.3) is 0 Å². The predicted octanol–water partition coefficient (Wildman–Crippen LogP) is -0.284. The van der Waals surface area contributed by atoms with Gasteiger partial charge in [0.05, 0.1) is 12.6 Å². The maximum atomic E-state index is 5.58. The Labute approximate surface area is 73.7 Å². The highest BCUT2D eigenvalue weighted by Gasteiger charge is 2.23. The first-order valence-corrected chi connectivity index (χ1v) is 4.37. The van der Waals surface area contributed by atoms with Crippen LogP contribution >= 0.6 is 0 Å². The van der Waals surface area contributed by atoms with Gasteiger partial charge >= 0.3 is 0 Å². The minimum atomic E-state index is 0.226. The molecule has 1 rings (SSSR count). The third-order valence-electron chi connectivity index (χ3n) is 2.13. The number of nitrogens with one attached hydrogen (secondary N) is 1. The molecule has 0 amide bonds. The lowest BCUT2D eigenvalue weighted by atomic mass is 10.1. The quantitative estimate of drug-likeness (QED) is 0.567. The largest absolute Gasteiger partial charge is 0.377 e. The Kier molecular flexibility index (Phi) is 4.09. The van der Waals surface area contributed by atoms with Crippen molar-refractivity contribution < 1.29 is 4.74 Å². The summed E-state index contributed by atoms with van der Waals surface area (Å²) in [6.07, 6.45) is 7.64. The van der Waals surface area contributed by atoms with E-state index < -0.39 is 0 Å². The van der Waals surface area contributed by atoms with Crippen LogP contribution in [0.4, 0.5) is 0 Å². The van der Waals surface area contributed by atoms with E-state index in [9.17, 15) is 0 Å². The average Bonchev–Trinajstić information content (AvgIpc) is 2.59. The molecule has 3 N–H and O–H groups in total. The van der Waals surface area contributed by atoms with Crippen molar-refractivity contribution in [1.82, 2.24) is 5.32 Å². The van der Waals surface area contributed by atoms with Crippen LogP contribution < -0.4 is 11.1 Å². The summed E-state index contributed by atoms with van der Waals surface area (Å²) < 4.78 is 5.49. The Balaban J connectivity index is 2.28. The van der Waals surface area contributed by atoms with Crippen LogP contribution in [0, 0.1) is 12.3 Å². The molecule has 0 radical (unpaired) electrons. The second-order valence-corrected chi connectivity index (χ2v) is 2.98. The molecule has 68 valence electrons. The van der Waals surface area contributed by atoms with Crippen LogP contribution in [-0.4, -0.2) is 31.8 Å². The fourth-order valence-corrected chi connectivity index (χ4v) is 1.48. The number of hydrogen-bond donors (Lipinski definition) is 2. The molecule has 0 aromatic carbocycles. The molecule has 0 spiro atoms. The SMILES string of the molecule is C#CCNC(CN)C1CCCO1. The molecule has 1 aliphatic rings. The van der Waals surface area contributed by atoms with Gasteiger partial charge in [0.15, 0.2) is 0 Å². The van der Waals surface area contributed by atoms with Gasteiger partial charge in [0.25, 0.3) is 0 Å². The Morgan fingerprint density at radius 2 is 2.58 bits per heavy atom. The van der Waals surface area contributed by atoms with E-state index in [2.05, 4.69) is 11.2 Å². The van der Waals surface area contributed by atoms with Crippen LogP contribution in [0.5, 0.6) is 0 Å². The first-order chi connectivity index (χ1) is 5.88. The molecule has 3 heteroatoms. The molecule has 1 aliphatic heterocycles. The van der Waals surface area contributed by atoms with Crippen molar-refractivity contribution in [1.29, 1.82) is 0 Å². The third kappa shape index (κ3) is 2.49. The summed E-state index contributed by atoms with van der Waals surface area (Å²) in [6, 6.07) is 0.226. The molecule has 0 aliphatic carbocycles. The van der Waals surface area contributed by atoms with Crippen LogP contribution in [0.15, 0.2) is 0 Å². The van der Waals surface area contributed by atoms with Gasteiger partial charge in [0, 0.05) is 19.2 Å². The number of nitrogens with two attached hydrogens (primary N) is 1. The van der Waals surface area contributed by atoms with Crippen molar-refractivity contribution in [3.8, 4) is 12.3 Å². The standard InChI is InChI=1S/C9H16N2O/c1-2-5-11-8(7-10)9-4-3-6-12-9/h1,8-9,11H,3-7,10H2. The summed E-state index contributed by atoms with van der Waals surface area (Å²) in [5, 5.41) is 3.17. The summed E-state index contributed by atoms with van der Waals surface area (Å²) in [5.41, 5.74) is 5.58. The van der Waals surface area contributed by atoms with Crippen LogP contribution in [0.3, 0.4) is 0 Å². The molecule has 0 saturated carbocycles. The minimum absolute atomic E-state index is 0.226. The molecule has 1 fully saturated rings. The normalized spacial score (nSPS) is 25.2. The summed E-state index contributed by atoms with van der Waals surface area (Å²) in [5.74, 6) is 2.53. The molecule has 1 heterocycles. The smallest absolute Gasteiger partial charge is 0.0741 e. The van der Waals surface area contributed by atoms with Gasteiger partial charge < -0.3 is 10.5 Å². The zero-order chi connectivity index (χ0) is 8.81. The Hall–Kier alpha value is -0.560. The number of hydrogen-bond acceptors (Lipinski definition) is 3. The van der Waals surface area contributed by atoms with Crippen LogP contribution in [0.2, 0.25) is 0 Å². The van der Waals surface area contributed by atoms with Crippen molar-refractivity contribution in [2.75, 3.05) is 19.7 Å². The molecule has 2 atom stereocenters. The zero-order valence-corrected chi connectivity index (χ0v) is 7.25. The number of ether oxygens (including phenoxy) is 1. The average molecular weight is 168 g/mol. The van der Waals surface area contributed by atoms with E-state index in [1.165, 1.54) is 0 Å². The highest BCUT2D eigenvalue weighted by Crippen LogP contribution is 2.14. The van der Waals surface area contributed by atoms with E-state index in [0.29, 0.717) is 13.1 Å². The maximum absolute atomic E-state index is 5.58. The first kappa shape index (κ1) is 9.53. The highest BCUT2D eigenvalue weighted by atomic mass is 16.5. The van der Waals surface area contributed by atoms with Gasteiger partial charge in [-0.2, -0.15) is 0 Å². The van der Waals surface area contributed by atoms with Crippen LogP contribution in [0.1, 0.15) is 12.8 Å². The monoisotopic (exact) mass is 168 g/mol. The number of rotatable bonds is 4. The molecule has 0 bridgehead atoms. The second kappa shape index (κ2) is 5.15. The van der Waals surface area contributed by atoms with Crippen molar-refractivity contribution in [2.45, 2.75) is 25.0 Å². The van der Waals surface area contributed by atoms with Gasteiger partial charge in [-0.25, -0.2) is 0 Å². The topological polar surface area (TPSA) is 47.3 Å². The van der Waals surface area contributed by atoms with Crippen LogP contribution in [-0.2, 0) is 4.74 Å². The highest BCUT2D eigenvalue weighted by molar-refractivity contribution is 4.91. The Morgan fingerprint density at radius 1 is 1.75 bits per heavy atom. The predicted molar refractivity (Wildman–Crippen MR) is 48.7 cm³/mol. The summed E-state index contributed by atoms with van der Waals surface area (Å²) >= 11 is 0. The maximum Gasteiger partial charge on any atom is 0.0741 e. The van der Waals surface area contributed by atoms with Gasteiger partial charge in [-0.15, -0.1) is 6.42 Å². The Bertz CT molecular complexity index is 158. The van der Waals surface area contributed by atoms with E-state index in [1.807, 2.05) is 0 Å². The van der Waals surface area contributed by atoms with E-state index in [0.717, 1.165) is 19.4 Å². The first-order valence-electron chi connectivity index (χ1n) is 4.37. The van der Waals surface area contributed by atoms with E-state index >= 15 is 0 Å². The van der Waals surface area contributed by atoms with Gasteiger partial charge in [-0.05, 0) is 12.8 Å². The lowest BCUT2D eigenvalue weighted by Gasteiger charge is -2.21. The second-order valence-electron chi connectivity index (χ2n) is 2.98. The molecular formula is C9H16N2O. The molecule has 3 nitrogen and oxygen atoms in total. The molecular weight excluding hydrogens is 152 g/mol. The fraction of sp³-hybridized carbons (Fsp3) is 0.778. The summed E-state index contributed by atoms with van der Waals surface area (Å²) in [6.45, 7) is 2.02. The summed E-state index contributed by atoms with van der Waals surface area (Å²) in [4.78, 5) is 0. The third-order valence-corrected chi connectivity index (χ3v) is 2.13. The molecule has 1 saturated heterocycles. The summed E-state index contributed by atoms with van der Waals surface area (Å²) in [7, 11) is 0. The number of terminal acetylenes is 1. The van der Waals surface area contributed by atoms with E-state index in [4.69, 9.17) is 16.9 Å². The van der Waals surface area contributed by atoms with Gasteiger partial charge in [0.2, 0.25) is 0 Å². The zero-order valence-electron chi connectivity index (χ0n) is 7.25. The Morgan fingerprint density at radius 3 is 3.08 bits per heavy atom. The molecule has 12 heavy (non-hydrogen) atoms. The fourth-order valence-electron chi connectivity index (χ4n) is 1.48. The lowest BCUT2D eigenvalue weighted by Crippen LogP contribution is -2.45. The minimum Gasteiger partial charge on any atom is -0.377 e. The van der Waals surface area contributed by atoms with Gasteiger partial charge in [-0.1, -0.05) is 5.92 Å². The van der Waals surface area contributed by atoms with E-state index in [-0.39, 0.29) is 12.1 Å². The molecule has 0 aromatic heterocycles. The van der Waals surface area contributed by atoms with Crippen molar-refractivity contribution in [3.63, 3.8) is 0 Å².